The van der Waals surface area contributed by atoms with Crippen molar-refractivity contribution in [1.29, 1.82) is 0 Å². The molecule has 1 heterocycles. The van der Waals surface area contributed by atoms with Crippen molar-refractivity contribution in [3.05, 3.63) is 35.9 Å². The molecular weight excluding hydrogens is 248 g/mol. The third-order valence-electron chi connectivity index (χ3n) is 5.01. The number of hydrogen-bond donors (Lipinski definition) is 2. The van der Waals surface area contributed by atoms with Gasteiger partial charge >= 0.3 is 0 Å². The molecule has 0 aromatic heterocycles. The molecule has 1 saturated carbocycles. The number of carbonyl (C=O) groups excluding carboxylic acids is 1. The molecule has 0 bridgehead atoms. The van der Waals surface area contributed by atoms with E-state index < -0.39 is 0 Å². The van der Waals surface area contributed by atoms with Crippen LogP contribution in [-0.4, -0.2) is 19.0 Å². The van der Waals surface area contributed by atoms with Crippen molar-refractivity contribution in [1.82, 2.24) is 10.6 Å². The normalized spacial score (nSPS) is 22.4. The lowest BCUT2D eigenvalue weighted by molar-refractivity contribution is -0.128. The van der Waals surface area contributed by atoms with Gasteiger partial charge in [0.2, 0.25) is 5.91 Å². The summed E-state index contributed by atoms with van der Waals surface area (Å²) >= 11 is 0. The van der Waals surface area contributed by atoms with Crippen LogP contribution in [0.4, 0.5) is 0 Å². The van der Waals surface area contributed by atoms with Crippen LogP contribution in [0.1, 0.15) is 37.8 Å². The van der Waals surface area contributed by atoms with Gasteiger partial charge in [0.05, 0.1) is 6.04 Å². The first-order valence-electron chi connectivity index (χ1n) is 7.81. The van der Waals surface area contributed by atoms with Gasteiger partial charge in [-0.3, -0.25) is 4.79 Å². The Morgan fingerprint density at radius 2 is 1.90 bits per heavy atom. The molecule has 2 unspecified atom stereocenters. The lowest BCUT2D eigenvalue weighted by Gasteiger charge is -2.37. The number of nitrogens with one attached hydrogen (secondary N) is 2. The number of amides is 1. The van der Waals surface area contributed by atoms with Gasteiger partial charge < -0.3 is 10.6 Å². The molecule has 1 amide bonds. The van der Waals surface area contributed by atoms with Crippen molar-refractivity contribution in [2.75, 3.05) is 13.1 Å². The summed E-state index contributed by atoms with van der Waals surface area (Å²) < 4.78 is 0. The molecule has 1 saturated heterocycles. The van der Waals surface area contributed by atoms with Gasteiger partial charge in [-0.25, -0.2) is 0 Å². The Bertz CT molecular complexity index is 451. The Kier molecular flexibility index (Phi) is 4.06. The monoisotopic (exact) mass is 272 g/mol. The highest BCUT2D eigenvalue weighted by Crippen LogP contribution is 2.38. The zero-order valence-corrected chi connectivity index (χ0v) is 12.1. The van der Waals surface area contributed by atoms with Crippen molar-refractivity contribution in [2.45, 2.75) is 32.2 Å². The number of rotatable bonds is 5. The first kappa shape index (κ1) is 13.6. The van der Waals surface area contributed by atoms with Gasteiger partial charge in [0.25, 0.3) is 0 Å². The van der Waals surface area contributed by atoms with Crippen molar-refractivity contribution < 1.29 is 4.79 Å². The van der Waals surface area contributed by atoms with Gasteiger partial charge in [-0.2, -0.15) is 0 Å². The standard InChI is InChI=1S/C17H24N2O/c1-12(15-10-18-11-15)17(20)19-16(14-8-5-9-14)13-6-3-2-4-7-13/h2-4,6-7,12,14-16,18H,5,8-11H2,1H3,(H,19,20). The van der Waals surface area contributed by atoms with Crippen LogP contribution in [0.5, 0.6) is 0 Å². The van der Waals surface area contributed by atoms with E-state index in [4.69, 9.17) is 0 Å². The maximum atomic E-state index is 12.5. The third kappa shape index (κ3) is 2.73. The van der Waals surface area contributed by atoms with Gasteiger partial charge in [-0.05, 0) is 43.3 Å². The average molecular weight is 272 g/mol. The number of benzene rings is 1. The maximum Gasteiger partial charge on any atom is 0.223 e. The highest BCUT2D eigenvalue weighted by molar-refractivity contribution is 5.79. The summed E-state index contributed by atoms with van der Waals surface area (Å²) in [6.45, 7) is 4.02. The van der Waals surface area contributed by atoms with Gasteiger partial charge in [0.15, 0.2) is 0 Å². The minimum atomic E-state index is 0.113. The second-order valence-corrected chi connectivity index (χ2v) is 6.29. The predicted octanol–water partition coefficient (Wildman–Crippen LogP) is 2.50. The topological polar surface area (TPSA) is 41.1 Å². The molecule has 1 aliphatic heterocycles. The summed E-state index contributed by atoms with van der Waals surface area (Å²) in [4.78, 5) is 12.5. The summed E-state index contributed by atoms with van der Waals surface area (Å²) in [7, 11) is 0. The third-order valence-corrected chi connectivity index (χ3v) is 5.01. The average Bonchev–Trinajstić information content (AvgIpc) is 2.34. The van der Waals surface area contributed by atoms with E-state index in [-0.39, 0.29) is 17.9 Å². The summed E-state index contributed by atoms with van der Waals surface area (Å²) in [6, 6.07) is 10.6. The lowest BCUT2D eigenvalue weighted by atomic mass is 9.76. The predicted molar refractivity (Wildman–Crippen MR) is 80.2 cm³/mol. The molecule has 20 heavy (non-hydrogen) atoms. The van der Waals surface area contributed by atoms with E-state index in [0.29, 0.717) is 11.8 Å². The van der Waals surface area contributed by atoms with E-state index in [9.17, 15) is 4.79 Å². The first-order chi connectivity index (χ1) is 9.75. The maximum absolute atomic E-state index is 12.5. The van der Waals surface area contributed by atoms with Crippen LogP contribution < -0.4 is 10.6 Å². The van der Waals surface area contributed by atoms with Crippen molar-refractivity contribution in [2.24, 2.45) is 17.8 Å². The summed E-state index contributed by atoms with van der Waals surface area (Å²) in [6.07, 6.45) is 3.77. The summed E-state index contributed by atoms with van der Waals surface area (Å²) in [5, 5.41) is 6.56. The van der Waals surface area contributed by atoms with Crippen LogP contribution in [0.2, 0.25) is 0 Å². The number of hydrogen-bond acceptors (Lipinski definition) is 2. The van der Waals surface area contributed by atoms with E-state index in [1.54, 1.807) is 0 Å². The van der Waals surface area contributed by atoms with E-state index in [0.717, 1.165) is 13.1 Å². The molecule has 1 aromatic carbocycles. The summed E-state index contributed by atoms with van der Waals surface area (Å²) in [5.41, 5.74) is 1.25. The Labute approximate surface area is 121 Å². The Morgan fingerprint density at radius 1 is 1.20 bits per heavy atom. The molecule has 0 radical (unpaired) electrons. The molecule has 0 spiro atoms. The van der Waals surface area contributed by atoms with Crippen LogP contribution in [0.25, 0.3) is 0 Å². The molecule has 108 valence electrons. The van der Waals surface area contributed by atoms with Crippen molar-refractivity contribution in [3.8, 4) is 0 Å². The summed E-state index contributed by atoms with van der Waals surface area (Å²) in [5.74, 6) is 1.46. The quantitative estimate of drug-likeness (QED) is 0.864. The fraction of sp³-hybridized carbons (Fsp3) is 0.588. The highest BCUT2D eigenvalue weighted by atomic mass is 16.1. The molecule has 1 aromatic rings. The molecule has 3 nitrogen and oxygen atoms in total. The fourth-order valence-electron chi connectivity index (χ4n) is 3.07. The Hall–Kier alpha value is -1.35. The van der Waals surface area contributed by atoms with Gasteiger partial charge in [0.1, 0.15) is 0 Å². The fourth-order valence-corrected chi connectivity index (χ4v) is 3.07. The van der Waals surface area contributed by atoms with Gasteiger partial charge in [0, 0.05) is 5.92 Å². The smallest absolute Gasteiger partial charge is 0.223 e. The number of carbonyl (C=O) groups is 1. The van der Waals surface area contributed by atoms with E-state index in [1.807, 2.05) is 6.07 Å². The SMILES string of the molecule is CC(C(=O)NC(c1ccccc1)C1CCC1)C1CNC1. The molecule has 2 aliphatic rings. The minimum absolute atomic E-state index is 0.113. The largest absolute Gasteiger partial charge is 0.349 e. The van der Waals surface area contributed by atoms with Crippen molar-refractivity contribution >= 4 is 5.91 Å². The van der Waals surface area contributed by atoms with Crippen LogP contribution in [0, 0.1) is 17.8 Å². The van der Waals surface area contributed by atoms with Crippen molar-refractivity contribution in [3.63, 3.8) is 0 Å². The second kappa shape index (κ2) is 5.96. The molecule has 2 N–H and O–H groups in total. The van der Waals surface area contributed by atoms with E-state index in [2.05, 4.69) is 41.8 Å². The highest BCUT2D eigenvalue weighted by Gasteiger charge is 2.33. The zero-order chi connectivity index (χ0) is 13.9. The van der Waals surface area contributed by atoms with Crippen LogP contribution in [0.3, 0.4) is 0 Å². The van der Waals surface area contributed by atoms with E-state index >= 15 is 0 Å². The molecule has 3 heteroatoms. The zero-order valence-electron chi connectivity index (χ0n) is 12.1. The lowest BCUT2D eigenvalue weighted by Crippen LogP contribution is -2.50. The van der Waals surface area contributed by atoms with Gasteiger partial charge in [-0.15, -0.1) is 0 Å². The van der Waals surface area contributed by atoms with Gasteiger partial charge in [-0.1, -0.05) is 43.7 Å². The second-order valence-electron chi connectivity index (χ2n) is 6.29. The molecular formula is C17H24N2O. The molecule has 2 fully saturated rings. The van der Waals surface area contributed by atoms with Crippen LogP contribution in [-0.2, 0) is 4.79 Å². The molecule has 3 rings (SSSR count). The van der Waals surface area contributed by atoms with E-state index in [1.165, 1.54) is 24.8 Å². The first-order valence-corrected chi connectivity index (χ1v) is 7.81. The van der Waals surface area contributed by atoms with Crippen LogP contribution >= 0.6 is 0 Å². The Balaban J connectivity index is 1.68. The Morgan fingerprint density at radius 3 is 2.40 bits per heavy atom. The minimum Gasteiger partial charge on any atom is -0.349 e. The molecule has 2 atom stereocenters. The molecule has 1 aliphatic carbocycles. The van der Waals surface area contributed by atoms with Crippen LogP contribution in [0.15, 0.2) is 30.3 Å².